The maximum atomic E-state index is 12.6. The lowest BCUT2D eigenvalue weighted by Gasteiger charge is -2.21. The van der Waals surface area contributed by atoms with Crippen molar-refractivity contribution >= 4 is 11.8 Å². The van der Waals surface area contributed by atoms with E-state index < -0.39 is 6.04 Å². The first-order valence-electron chi connectivity index (χ1n) is 9.38. The van der Waals surface area contributed by atoms with E-state index in [1.54, 1.807) is 18.4 Å². The molecule has 0 aliphatic carbocycles. The van der Waals surface area contributed by atoms with E-state index in [1.165, 1.54) is 0 Å². The van der Waals surface area contributed by atoms with Crippen molar-refractivity contribution in [2.75, 3.05) is 0 Å². The number of nitrogens with one attached hydrogen (secondary N) is 2. The Morgan fingerprint density at radius 3 is 2.26 bits per heavy atom. The van der Waals surface area contributed by atoms with E-state index in [9.17, 15) is 9.59 Å². The van der Waals surface area contributed by atoms with E-state index in [0.29, 0.717) is 24.3 Å². The van der Waals surface area contributed by atoms with E-state index >= 15 is 0 Å². The van der Waals surface area contributed by atoms with Crippen molar-refractivity contribution in [3.05, 3.63) is 59.5 Å². The maximum Gasteiger partial charge on any atom is 0.251 e. The van der Waals surface area contributed by atoms with Crippen LogP contribution in [0.25, 0.3) is 0 Å². The fraction of sp³-hybridized carbons (Fsp3) is 0.455. The lowest BCUT2D eigenvalue weighted by Crippen LogP contribution is -2.47. The highest BCUT2D eigenvalue weighted by molar-refractivity contribution is 5.97. The zero-order chi connectivity index (χ0) is 20.0. The molecule has 5 heteroatoms. The minimum Gasteiger partial charge on any atom is -0.467 e. The van der Waals surface area contributed by atoms with Gasteiger partial charge in [-0.15, -0.1) is 0 Å². The van der Waals surface area contributed by atoms with Crippen LogP contribution in [-0.4, -0.2) is 17.9 Å². The van der Waals surface area contributed by atoms with Gasteiger partial charge >= 0.3 is 0 Å². The van der Waals surface area contributed by atoms with Crippen LogP contribution in [0.4, 0.5) is 0 Å². The summed E-state index contributed by atoms with van der Waals surface area (Å²) in [6.07, 6.45) is 2.13. The van der Waals surface area contributed by atoms with Crippen LogP contribution >= 0.6 is 0 Å². The first kappa shape index (κ1) is 20.7. The highest BCUT2D eigenvalue weighted by Crippen LogP contribution is 2.22. The van der Waals surface area contributed by atoms with Gasteiger partial charge in [0.25, 0.3) is 5.91 Å². The summed E-state index contributed by atoms with van der Waals surface area (Å²) < 4.78 is 5.23. The Morgan fingerprint density at radius 1 is 1.07 bits per heavy atom. The van der Waals surface area contributed by atoms with E-state index in [0.717, 1.165) is 5.56 Å². The van der Waals surface area contributed by atoms with Crippen LogP contribution < -0.4 is 10.6 Å². The monoisotopic (exact) mass is 370 g/mol. The zero-order valence-electron chi connectivity index (χ0n) is 16.8. The molecule has 1 aromatic carbocycles. The molecule has 2 rings (SSSR count). The highest BCUT2D eigenvalue weighted by atomic mass is 16.3. The fourth-order valence-corrected chi connectivity index (χ4v) is 2.78. The van der Waals surface area contributed by atoms with Gasteiger partial charge in [0.2, 0.25) is 5.91 Å². The van der Waals surface area contributed by atoms with Crippen molar-refractivity contribution in [1.29, 1.82) is 0 Å². The Labute approximate surface area is 161 Å². The normalized spacial score (nSPS) is 12.7. The van der Waals surface area contributed by atoms with Gasteiger partial charge in [-0.2, -0.15) is 0 Å². The van der Waals surface area contributed by atoms with Gasteiger partial charge in [0.15, 0.2) is 0 Å². The quantitative estimate of drug-likeness (QED) is 0.773. The van der Waals surface area contributed by atoms with Crippen LogP contribution in [0.1, 0.15) is 62.7 Å². The van der Waals surface area contributed by atoms with E-state index in [-0.39, 0.29) is 23.1 Å². The second-order valence-electron chi connectivity index (χ2n) is 8.28. The van der Waals surface area contributed by atoms with Crippen molar-refractivity contribution < 1.29 is 14.0 Å². The molecule has 0 bridgehead atoms. The molecule has 0 spiro atoms. The van der Waals surface area contributed by atoms with Crippen LogP contribution in [0.15, 0.2) is 47.1 Å². The minimum absolute atomic E-state index is 0.0287. The lowest BCUT2D eigenvalue weighted by atomic mass is 9.86. The first-order chi connectivity index (χ1) is 12.7. The summed E-state index contributed by atoms with van der Waals surface area (Å²) in [4.78, 5) is 25.2. The largest absolute Gasteiger partial charge is 0.467 e. The van der Waals surface area contributed by atoms with Gasteiger partial charge in [-0.25, -0.2) is 0 Å². The van der Waals surface area contributed by atoms with E-state index in [4.69, 9.17) is 4.42 Å². The second-order valence-corrected chi connectivity index (χ2v) is 8.28. The standard InChI is InChI=1S/C22H30N2O3/c1-15(2)13-19(21(26)23-14-18-7-6-12-27-18)24-20(25)16-8-10-17(11-9-16)22(3,4)5/h6-12,15,19H,13-14H2,1-5H3,(H,23,26)(H,24,25)/t19-/m0/s1. The SMILES string of the molecule is CC(C)C[C@H](NC(=O)c1ccc(C(C)(C)C)cc1)C(=O)NCc1ccco1. The minimum atomic E-state index is -0.588. The van der Waals surface area contributed by atoms with E-state index in [1.807, 2.05) is 38.1 Å². The molecule has 0 saturated carbocycles. The lowest BCUT2D eigenvalue weighted by molar-refractivity contribution is -0.123. The molecule has 0 aliphatic rings. The average molecular weight is 370 g/mol. The topological polar surface area (TPSA) is 71.3 Å². The molecule has 27 heavy (non-hydrogen) atoms. The van der Waals surface area contributed by atoms with Gasteiger partial charge < -0.3 is 15.1 Å². The Hall–Kier alpha value is -2.56. The summed E-state index contributed by atoms with van der Waals surface area (Å²) in [5.74, 6) is 0.498. The summed E-state index contributed by atoms with van der Waals surface area (Å²) >= 11 is 0. The van der Waals surface area contributed by atoms with Gasteiger partial charge in [-0.1, -0.05) is 46.8 Å². The third-order valence-electron chi connectivity index (χ3n) is 4.36. The smallest absolute Gasteiger partial charge is 0.251 e. The molecule has 0 aliphatic heterocycles. The van der Waals surface area contributed by atoms with Crippen LogP contribution in [0.2, 0.25) is 0 Å². The molecule has 0 unspecified atom stereocenters. The number of benzene rings is 1. The molecular weight excluding hydrogens is 340 g/mol. The number of hydrogen-bond donors (Lipinski definition) is 2. The molecule has 1 atom stereocenters. The van der Waals surface area contributed by atoms with Crippen molar-refractivity contribution in [2.24, 2.45) is 5.92 Å². The highest BCUT2D eigenvalue weighted by Gasteiger charge is 2.23. The van der Waals surface area contributed by atoms with Crippen molar-refractivity contribution in [3.8, 4) is 0 Å². The van der Waals surface area contributed by atoms with Gasteiger partial charge in [-0.05, 0) is 47.6 Å². The summed E-state index contributed by atoms with van der Waals surface area (Å²) in [5.41, 5.74) is 1.74. The summed E-state index contributed by atoms with van der Waals surface area (Å²) in [6.45, 7) is 10.7. The maximum absolute atomic E-state index is 12.6. The van der Waals surface area contributed by atoms with Gasteiger partial charge in [0.1, 0.15) is 11.8 Å². The fourth-order valence-electron chi connectivity index (χ4n) is 2.78. The Bertz CT molecular complexity index is 741. The predicted octanol–water partition coefficient (Wildman–Crippen LogP) is 4.04. The molecule has 1 heterocycles. The molecule has 2 aromatic rings. The first-order valence-corrected chi connectivity index (χ1v) is 9.38. The molecule has 0 fully saturated rings. The molecule has 2 N–H and O–H groups in total. The Balaban J connectivity index is 2.03. The van der Waals surface area contributed by atoms with E-state index in [2.05, 4.69) is 31.4 Å². The van der Waals surface area contributed by atoms with Crippen LogP contribution in [0.5, 0.6) is 0 Å². The number of hydrogen-bond acceptors (Lipinski definition) is 3. The molecule has 5 nitrogen and oxygen atoms in total. The molecular formula is C22H30N2O3. The molecule has 146 valence electrons. The van der Waals surface area contributed by atoms with Crippen molar-refractivity contribution in [1.82, 2.24) is 10.6 Å². The van der Waals surface area contributed by atoms with Crippen LogP contribution in [-0.2, 0) is 16.8 Å². The molecule has 0 radical (unpaired) electrons. The van der Waals surface area contributed by atoms with Crippen LogP contribution in [0.3, 0.4) is 0 Å². The average Bonchev–Trinajstić information content (AvgIpc) is 3.11. The van der Waals surface area contributed by atoms with Crippen molar-refractivity contribution in [2.45, 2.75) is 59.0 Å². The summed E-state index contributed by atoms with van der Waals surface area (Å²) in [6, 6.07) is 10.5. The number of carbonyl (C=O) groups excluding carboxylic acids is 2. The van der Waals surface area contributed by atoms with Gasteiger partial charge in [0, 0.05) is 5.56 Å². The third-order valence-corrected chi connectivity index (χ3v) is 4.36. The van der Waals surface area contributed by atoms with Gasteiger partial charge in [-0.3, -0.25) is 9.59 Å². The second kappa shape index (κ2) is 8.89. The number of rotatable bonds is 7. The van der Waals surface area contributed by atoms with Gasteiger partial charge in [0.05, 0.1) is 12.8 Å². The van der Waals surface area contributed by atoms with Crippen LogP contribution in [0, 0.1) is 5.92 Å². The summed E-state index contributed by atoms with van der Waals surface area (Å²) in [5, 5.41) is 5.70. The predicted molar refractivity (Wildman–Crippen MR) is 106 cm³/mol. The molecule has 0 saturated heterocycles. The Morgan fingerprint density at radius 2 is 1.74 bits per heavy atom. The van der Waals surface area contributed by atoms with Crippen molar-refractivity contribution in [3.63, 3.8) is 0 Å². The zero-order valence-corrected chi connectivity index (χ0v) is 16.8. The molecule has 1 aromatic heterocycles. The number of furan rings is 1. The Kier molecular flexibility index (Phi) is 6.83. The number of carbonyl (C=O) groups is 2. The summed E-state index contributed by atoms with van der Waals surface area (Å²) in [7, 11) is 0. The third kappa shape index (κ3) is 6.27. The molecule has 2 amide bonds. The number of amides is 2.